The van der Waals surface area contributed by atoms with E-state index in [4.69, 9.17) is 4.74 Å². The molecule has 0 aliphatic rings. The van der Waals surface area contributed by atoms with Crippen LogP contribution in [0.25, 0.3) is 0 Å². The minimum absolute atomic E-state index is 0.0925. The van der Waals surface area contributed by atoms with Gasteiger partial charge >= 0.3 is 5.97 Å². The molecule has 0 heterocycles. The molecule has 1 atom stereocenters. The molecule has 1 aromatic carbocycles. The Morgan fingerprint density at radius 2 is 1.43 bits per heavy atom. The Hall–Kier alpha value is -1.09. The maximum Gasteiger partial charge on any atom is 0.305 e. The maximum atomic E-state index is 11.8. The first-order valence-electron chi connectivity index (χ1n) is 8.90. The van der Waals surface area contributed by atoms with Gasteiger partial charge in [-0.05, 0) is 17.5 Å². The predicted octanol–water partition coefficient (Wildman–Crippen LogP) is 5.94. The van der Waals surface area contributed by atoms with Crippen molar-refractivity contribution in [2.75, 3.05) is 7.11 Å². The molecular formula is C20H34O2Si. The highest BCUT2D eigenvalue weighted by molar-refractivity contribution is 6.84. The predicted molar refractivity (Wildman–Crippen MR) is 101 cm³/mol. The van der Waals surface area contributed by atoms with Crippen LogP contribution >= 0.6 is 0 Å². The summed E-state index contributed by atoms with van der Waals surface area (Å²) in [7, 11) is -0.201. The molecule has 0 amide bonds. The molecule has 0 saturated heterocycles. The van der Waals surface area contributed by atoms with Crippen LogP contribution in [0.15, 0.2) is 30.3 Å². The van der Waals surface area contributed by atoms with E-state index in [9.17, 15) is 4.79 Å². The lowest BCUT2D eigenvalue weighted by atomic mass is 10.1. The van der Waals surface area contributed by atoms with Gasteiger partial charge in [-0.2, -0.15) is 0 Å². The fourth-order valence-corrected chi connectivity index (χ4v) is 12.8. The molecule has 0 radical (unpaired) electrons. The minimum Gasteiger partial charge on any atom is -0.469 e. The SMILES string of the molecule is COC(=O)CCC(c1ccccc1)[Si](C(C)C)(C(C)C)C(C)C. The van der Waals surface area contributed by atoms with Gasteiger partial charge in [0, 0.05) is 6.42 Å². The maximum absolute atomic E-state index is 11.8. The fraction of sp³-hybridized carbons (Fsp3) is 0.650. The Bertz CT molecular complexity index is 458. The first-order valence-corrected chi connectivity index (χ1v) is 11.2. The largest absolute Gasteiger partial charge is 0.469 e. The van der Waals surface area contributed by atoms with Gasteiger partial charge in [-0.25, -0.2) is 0 Å². The third-order valence-electron chi connectivity index (χ3n) is 5.67. The summed E-state index contributed by atoms with van der Waals surface area (Å²) in [5, 5.41) is 0. The van der Waals surface area contributed by atoms with E-state index in [2.05, 4.69) is 71.9 Å². The molecule has 0 fully saturated rings. The summed E-state index contributed by atoms with van der Waals surface area (Å²) >= 11 is 0. The van der Waals surface area contributed by atoms with Crippen molar-refractivity contribution < 1.29 is 9.53 Å². The highest BCUT2D eigenvalue weighted by Gasteiger charge is 2.49. The summed E-state index contributed by atoms with van der Waals surface area (Å²) in [6, 6.07) is 10.8. The first kappa shape index (κ1) is 20.0. The Labute approximate surface area is 143 Å². The van der Waals surface area contributed by atoms with Crippen molar-refractivity contribution in [3.8, 4) is 0 Å². The van der Waals surface area contributed by atoms with Crippen LogP contribution in [0, 0.1) is 0 Å². The molecule has 3 heteroatoms. The van der Waals surface area contributed by atoms with E-state index in [-0.39, 0.29) is 5.97 Å². The zero-order chi connectivity index (χ0) is 17.6. The molecule has 1 unspecified atom stereocenters. The van der Waals surface area contributed by atoms with E-state index in [1.54, 1.807) is 0 Å². The van der Waals surface area contributed by atoms with Crippen molar-refractivity contribution in [2.45, 2.75) is 76.5 Å². The van der Waals surface area contributed by atoms with Gasteiger partial charge in [-0.1, -0.05) is 88.5 Å². The molecular weight excluding hydrogens is 300 g/mol. The molecule has 0 aromatic heterocycles. The second-order valence-electron chi connectivity index (χ2n) is 7.54. The molecule has 130 valence electrons. The van der Waals surface area contributed by atoms with Gasteiger partial charge in [0.1, 0.15) is 0 Å². The molecule has 0 aliphatic heterocycles. The van der Waals surface area contributed by atoms with Crippen molar-refractivity contribution in [2.24, 2.45) is 0 Å². The number of carbonyl (C=O) groups excluding carboxylic acids is 1. The lowest BCUT2D eigenvalue weighted by molar-refractivity contribution is -0.140. The molecule has 1 rings (SSSR count). The third kappa shape index (κ3) is 4.26. The normalized spacial score (nSPS) is 13.7. The van der Waals surface area contributed by atoms with Gasteiger partial charge in [0.25, 0.3) is 0 Å². The number of rotatable bonds is 8. The highest BCUT2D eigenvalue weighted by Crippen LogP contribution is 2.51. The van der Waals surface area contributed by atoms with Gasteiger partial charge < -0.3 is 4.74 Å². The van der Waals surface area contributed by atoms with E-state index >= 15 is 0 Å². The highest BCUT2D eigenvalue weighted by atomic mass is 28.3. The molecule has 0 saturated carbocycles. The van der Waals surface area contributed by atoms with Crippen molar-refractivity contribution in [3.05, 3.63) is 35.9 Å². The van der Waals surface area contributed by atoms with Crippen molar-refractivity contribution in [3.63, 3.8) is 0 Å². The van der Waals surface area contributed by atoms with Gasteiger partial charge in [-0.3, -0.25) is 4.79 Å². The van der Waals surface area contributed by atoms with Crippen LogP contribution in [0.2, 0.25) is 16.6 Å². The molecule has 2 nitrogen and oxygen atoms in total. The number of hydrogen-bond donors (Lipinski definition) is 0. The van der Waals surface area contributed by atoms with Gasteiger partial charge in [-0.15, -0.1) is 0 Å². The molecule has 23 heavy (non-hydrogen) atoms. The standard InChI is InChI=1S/C20H34O2Si/c1-15(2)23(16(3)4,17(5)6)19(13-14-20(21)22-7)18-11-9-8-10-12-18/h8-12,15-17,19H,13-14H2,1-7H3. The summed E-state index contributed by atoms with van der Waals surface area (Å²) < 4.78 is 4.91. The molecule has 0 N–H and O–H groups in total. The van der Waals surface area contributed by atoms with Crippen molar-refractivity contribution in [1.29, 1.82) is 0 Å². The summed E-state index contributed by atoms with van der Waals surface area (Å²) in [6.07, 6.45) is 1.41. The summed E-state index contributed by atoms with van der Waals surface area (Å²) in [5.74, 6) is -0.0925. The zero-order valence-corrected chi connectivity index (χ0v) is 16.9. The molecule has 0 aliphatic carbocycles. The molecule has 0 spiro atoms. The topological polar surface area (TPSA) is 26.3 Å². The number of hydrogen-bond acceptors (Lipinski definition) is 2. The first-order chi connectivity index (χ1) is 10.8. The number of methoxy groups -OCH3 is 1. The van der Waals surface area contributed by atoms with Gasteiger partial charge in [0.05, 0.1) is 15.2 Å². The average molecular weight is 335 g/mol. The zero-order valence-electron chi connectivity index (χ0n) is 15.9. The Morgan fingerprint density at radius 3 is 1.83 bits per heavy atom. The Balaban J connectivity index is 3.36. The fourth-order valence-electron chi connectivity index (χ4n) is 4.96. The lowest BCUT2D eigenvalue weighted by Gasteiger charge is -2.49. The quantitative estimate of drug-likeness (QED) is 0.434. The number of carbonyl (C=O) groups is 1. The molecule has 0 bridgehead atoms. The van der Waals surface area contributed by atoms with E-state index < -0.39 is 8.07 Å². The van der Waals surface area contributed by atoms with E-state index in [0.29, 0.717) is 28.6 Å². The summed E-state index contributed by atoms with van der Waals surface area (Å²) in [6.45, 7) is 14.3. The Kier molecular flexibility index (Phi) is 7.52. The summed E-state index contributed by atoms with van der Waals surface area (Å²) in [5.41, 5.74) is 3.91. The second-order valence-corrected chi connectivity index (χ2v) is 13.7. The lowest BCUT2D eigenvalue weighted by Crippen LogP contribution is -2.50. The Morgan fingerprint density at radius 1 is 0.957 bits per heavy atom. The number of benzene rings is 1. The van der Waals surface area contributed by atoms with Crippen LogP contribution in [0.5, 0.6) is 0 Å². The third-order valence-corrected chi connectivity index (χ3v) is 13.5. The smallest absolute Gasteiger partial charge is 0.305 e. The van der Waals surface area contributed by atoms with E-state index in [1.165, 1.54) is 12.7 Å². The van der Waals surface area contributed by atoms with Crippen LogP contribution in [0.1, 0.15) is 65.5 Å². The average Bonchev–Trinajstić information content (AvgIpc) is 2.50. The number of esters is 1. The molecule has 1 aromatic rings. The minimum atomic E-state index is -1.69. The summed E-state index contributed by atoms with van der Waals surface area (Å²) in [4.78, 5) is 11.8. The van der Waals surface area contributed by atoms with Crippen LogP contribution < -0.4 is 0 Å². The monoisotopic (exact) mass is 334 g/mol. The van der Waals surface area contributed by atoms with Crippen LogP contribution in [-0.4, -0.2) is 21.2 Å². The number of ether oxygens (including phenoxy) is 1. The van der Waals surface area contributed by atoms with Crippen LogP contribution in [-0.2, 0) is 9.53 Å². The van der Waals surface area contributed by atoms with E-state index in [1.807, 2.05) is 0 Å². The van der Waals surface area contributed by atoms with Crippen molar-refractivity contribution >= 4 is 14.0 Å². The van der Waals surface area contributed by atoms with Gasteiger partial charge in [0.2, 0.25) is 0 Å². The van der Waals surface area contributed by atoms with Gasteiger partial charge in [0.15, 0.2) is 0 Å². The van der Waals surface area contributed by atoms with Crippen molar-refractivity contribution in [1.82, 2.24) is 0 Å². The second kappa shape index (κ2) is 8.67. The van der Waals surface area contributed by atoms with Crippen LogP contribution in [0.4, 0.5) is 0 Å². The van der Waals surface area contributed by atoms with Crippen LogP contribution in [0.3, 0.4) is 0 Å². The van der Waals surface area contributed by atoms with E-state index in [0.717, 1.165) is 6.42 Å².